The third-order valence-corrected chi connectivity index (χ3v) is 3.50. The van der Waals surface area contributed by atoms with E-state index in [9.17, 15) is 0 Å². The van der Waals surface area contributed by atoms with Crippen molar-refractivity contribution in [2.75, 3.05) is 7.11 Å². The molecule has 1 aromatic carbocycles. The normalized spacial score (nSPS) is 12.1. The fourth-order valence-corrected chi connectivity index (χ4v) is 1.27. The minimum absolute atomic E-state index is 0.433. The molecular weight excluding hydrogens is 237 g/mol. The third kappa shape index (κ3) is 4.11. The van der Waals surface area contributed by atoms with Crippen molar-refractivity contribution in [2.24, 2.45) is 5.73 Å². The van der Waals surface area contributed by atoms with Crippen LogP contribution in [0.3, 0.4) is 0 Å². The molecule has 0 amide bonds. The Morgan fingerprint density at radius 3 is 2.42 bits per heavy atom. The Balaban J connectivity index is 2.76. The number of methoxy groups -OCH3 is 1. The first-order valence-electron chi connectivity index (χ1n) is 6.30. The van der Waals surface area contributed by atoms with Crippen molar-refractivity contribution >= 4 is 18.7 Å². The van der Waals surface area contributed by atoms with E-state index in [1.54, 1.807) is 14.6 Å². The summed E-state index contributed by atoms with van der Waals surface area (Å²) >= 11 is 0. The highest BCUT2D eigenvalue weighted by molar-refractivity contribution is 6.47. The Hall–Kier alpha value is -1.26. The second-order valence-corrected chi connectivity index (χ2v) is 5.72. The summed E-state index contributed by atoms with van der Waals surface area (Å²) in [5, 5.41) is 0. The molecule has 0 fully saturated rings. The first-order valence-corrected chi connectivity index (χ1v) is 6.30. The average molecular weight is 260 g/mol. The van der Waals surface area contributed by atoms with E-state index in [-0.39, 0.29) is 0 Å². The van der Waals surface area contributed by atoms with Crippen molar-refractivity contribution < 1.29 is 9.39 Å². The molecule has 0 aromatic heterocycles. The molecule has 0 aliphatic carbocycles. The molecule has 0 atom stereocenters. The monoisotopic (exact) mass is 260 g/mol. The molecule has 19 heavy (non-hydrogen) atoms. The van der Waals surface area contributed by atoms with Crippen molar-refractivity contribution in [3.8, 4) is 0 Å². The SMILES string of the molecule is C=C(OC)c1cccc([B]OC(C)(C)C(C)(C)N)c1. The van der Waals surface area contributed by atoms with Crippen LogP contribution in [0.15, 0.2) is 30.8 Å². The van der Waals surface area contributed by atoms with Gasteiger partial charge in [0, 0.05) is 11.1 Å². The summed E-state index contributed by atoms with van der Waals surface area (Å²) in [6.45, 7) is 11.7. The van der Waals surface area contributed by atoms with E-state index in [1.807, 2.05) is 52.0 Å². The average Bonchev–Trinajstić information content (AvgIpc) is 2.34. The summed E-state index contributed by atoms with van der Waals surface area (Å²) in [5.74, 6) is 0.633. The van der Waals surface area contributed by atoms with Crippen molar-refractivity contribution in [2.45, 2.75) is 38.8 Å². The van der Waals surface area contributed by atoms with E-state index in [0.29, 0.717) is 5.76 Å². The summed E-state index contributed by atoms with van der Waals surface area (Å²) in [4.78, 5) is 0. The van der Waals surface area contributed by atoms with Crippen LogP contribution in [0.5, 0.6) is 0 Å². The summed E-state index contributed by atoms with van der Waals surface area (Å²) < 4.78 is 10.9. The van der Waals surface area contributed by atoms with Crippen LogP contribution in [-0.2, 0) is 9.39 Å². The van der Waals surface area contributed by atoms with Crippen LogP contribution >= 0.6 is 0 Å². The van der Waals surface area contributed by atoms with Crippen LogP contribution < -0.4 is 11.2 Å². The van der Waals surface area contributed by atoms with Gasteiger partial charge in [0.1, 0.15) is 5.76 Å². The zero-order chi connectivity index (χ0) is 14.7. The maximum absolute atomic E-state index is 6.10. The van der Waals surface area contributed by atoms with Crippen molar-refractivity contribution in [3.05, 3.63) is 36.4 Å². The quantitative estimate of drug-likeness (QED) is 0.629. The summed E-state index contributed by atoms with van der Waals surface area (Å²) in [7, 11) is 3.33. The van der Waals surface area contributed by atoms with Crippen molar-refractivity contribution in [1.82, 2.24) is 0 Å². The lowest BCUT2D eigenvalue weighted by Gasteiger charge is -2.38. The van der Waals surface area contributed by atoms with Gasteiger partial charge in [0.05, 0.1) is 12.7 Å². The molecule has 0 unspecified atom stereocenters. The molecular formula is C15H23BNO2. The third-order valence-electron chi connectivity index (χ3n) is 3.50. The van der Waals surface area contributed by atoms with Crippen molar-refractivity contribution in [1.29, 1.82) is 0 Å². The number of benzene rings is 1. The Bertz CT molecular complexity index is 450. The standard InChI is InChI=1S/C15H23BNO2/c1-11(18-6)12-8-7-9-13(10-12)16-19-15(4,5)14(2,3)17/h7-10H,1,17H2,2-6H3. The van der Waals surface area contributed by atoms with Crippen LogP contribution in [0.25, 0.3) is 5.76 Å². The number of hydrogen-bond donors (Lipinski definition) is 1. The van der Waals surface area contributed by atoms with Gasteiger partial charge in [-0.15, -0.1) is 0 Å². The minimum Gasteiger partial charge on any atom is -0.497 e. The first kappa shape index (κ1) is 15.8. The largest absolute Gasteiger partial charge is 0.497 e. The molecule has 2 N–H and O–H groups in total. The van der Waals surface area contributed by atoms with Crippen molar-refractivity contribution in [3.63, 3.8) is 0 Å². The number of rotatable bonds is 6. The zero-order valence-electron chi connectivity index (χ0n) is 12.5. The molecule has 4 heteroatoms. The topological polar surface area (TPSA) is 44.5 Å². The lowest BCUT2D eigenvalue weighted by molar-refractivity contribution is 0.0462. The zero-order valence-corrected chi connectivity index (χ0v) is 12.5. The lowest BCUT2D eigenvalue weighted by atomic mass is 9.81. The minimum atomic E-state index is -0.457. The molecule has 1 aromatic rings. The highest BCUT2D eigenvalue weighted by Crippen LogP contribution is 2.22. The molecule has 103 valence electrons. The predicted octanol–water partition coefficient (Wildman–Crippen LogP) is 2.08. The second-order valence-electron chi connectivity index (χ2n) is 5.72. The van der Waals surface area contributed by atoms with Gasteiger partial charge in [-0.3, -0.25) is 0 Å². The fraction of sp³-hybridized carbons (Fsp3) is 0.467. The van der Waals surface area contributed by atoms with Gasteiger partial charge in [-0.1, -0.05) is 36.3 Å². The van der Waals surface area contributed by atoms with Crippen LogP contribution in [0.1, 0.15) is 33.3 Å². The van der Waals surface area contributed by atoms with Gasteiger partial charge in [0.2, 0.25) is 0 Å². The number of nitrogens with two attached hydrogens (primary N) is 1. The maximum Gasteiger partial charge on any atom is 0.330 e. The Morgan fingerprint density at radius 2 is 1.89 bits per heavy atom. The Morgan fingerprint density at radius 1 is 1.26 bits per heavy atom. The highest BCUT2D eigenvalue weighted by atomic mass is 16.5. The summed E-state index contributed by atoms with van der Waals surface area (Å²) in [5.41, 5.74) is 7.09. The van der Waals surface area contributed by atoms with Gasteiger partial charge in [0.25, 0.3) is 0 Å². The first-order chi connectivity index (χ1) is 8.67. The molecule has 1 radical (unpaired) electrons. The smallest absolute Gasteiger partial charge is 0.330 e. The Kier molecular flexibility index (Phi) is 4.83. The Labute approximate surface area is 117 Å². The van der Waals surface area contributed by atoms with E-state index in [2.05, 4.69) is 6.58 Å². The molecule has 0 bridgehead atoms. The molecule has 0 spiro atoms. The predicted molar refractivity (Wildman–Crippen MR) is 81.3 cm³/mol. The van der Waals surface area contributed by atoms with Crippen LogP contribution in [0.4, 0.5) is 0 Å². The number of ether oxygens (including phenoxy) is 1. The van der Waals surface area contributed by atoms with Gasteiger partial charge in [-0.2, -0.15) is 0 Å². The van der Waals surface area contributed by atoms with E-state index in [4.69, 9.17) is 15.1 Å². The van der Waals surface area contributed by atoms with E-state index in [0.717, 1.165) is 11.0 Å². The molecule has 0 saturated carbocycles. The van der Waals surface area contributed by atoms with Crippen LogP contribution in [0, 0.1) is 0 Å². The van der Waals surface area contributed by atoms with Crippen LogP contribution in [-0.4, -0.2) is 25.7 Å². The maximum atomic E-state index is 6.10. The van der Waals surface area contributed by atoms with Crippen LogP contribution in [0.2, 0.25) is 0 Å². The molecule has 0 heterocycles. The van der Waals surface area contributed by atoms with E-state index < -0.39 is 11.1 Å². The van der Waals surface area contributed by atoms with Gasteiger partial charge >= 0.3 is 7.48 Å². The molecule has 0 aliphatic rings. The molecule has 1 rings (SSSR count). The lowest BCUT2D eigenvalue weighted by Crippen LogP contribution is -2.55. The highest BCUT2D eigenvalue weighted by Gasteiger charge is 2.34. The van der Waals surface area contributed by atoms with Gasteiger partial charge < -0.3 is 15.1 Å². The fourth-order valence-electron chi connectivity index (χ4n) is 1.27. The molecule has 0 aliphatic heterocycles. The summed E-state index contributed by atoms with van der Waals surface area (Å²) in [6, 6.07) is 7.81. The van der Waals surface area contributed by atoms with Gasteiger partial charge in [-0.25, -0.2) is 0 Å². The molecule has 3 nitrogen and oxygen atoms in total. The van der Waals surface area contributed by atoms with Gasteiger partial charge in [0.15, 0.2) is 0 Å². The van der Waals surface area contributed by atoms with Gasteiger partial charge in [-0.05, 0) is 27.7 Å². The summed E-state index contributed by atoms with van der Waals surface area (Å²) in [6.07, 6.45) is 0. The second kappa shape index (κ2) is 5.80. The molecule has 0 saturated heterocycles. The number of hydrogen-bond acceptors (Lipinski definition) is 3. The van der Waals surface area contributed by atoms with E-state index >= 15 is 0 Å². The van der Waals surface area contributed by atoms with E-state index in [1.165, 1.54) is 0 Å².